The summed E-state index contributed by atoms with van der Waals surface area (Å²) in [5, 5.41) is 0. The van der Waals surface area contributed by atoms with Crippen LogP contribution in [-0.4, -0.2) is 28.4 Å². The van der Waals surface area contributed by atoms with Crippen LogP contribution in [0.2, 0.25) is 0 Å². The second kappa shape index (κ2) is 4.60. The Morgan fingerprint density at radius 2 is 2.19 bits per heavy atom. The summed E-state index contributed by atoms with van der Waals surface area (Å²) in [6.07, 6.45) is 3.28. The lowest BCUT2D eigenvalue weighted by molar-refractivity contribution is 0.0615. The highest BCUT2D eigenvalue weighted by atomic mass is 19.1. The molecule has 3 nitrogen and oxygen atoms in total. The van der Waals surface area contributed by atoms with Gasteiger partial charge >= 0.3 is 0 Å². The number of hydrogen-bond acceptors (Lipinski definition) is 2. The molecule has 1 rings (SSSR count). The average molecular weight is 224 g/mol. The van der Waals surface area contributed by atoms with Crippen molar-refractivity contribution < 1.29 is 9.18 Å². The highest BCUT2D eigenvalue weighted by molar-refractivity contribution is 5.94. The number of aromatic nitrogens is 1. The van der Waals surface area contributed by atoms with Crippen LogP contribution in [0.5, 0.6) is 0 Å². The third-order valence-corrected chi connectivity index (χ3v) is 3.08. The van der Waals surface area contributed by atoms with Crippen molar-refractivity contribution in [1.82, 2.24) is 9.88 Å². The molecule has 0 atom stereocenters. The van der Waals surface area contributed by atoms with Crippen molar-refractivity contribution in [2.24, 2.45) is 0 Å². The second-order valence-corrected chi connectivity index (χ2v) is 4.39. The van der Waals surface area contributed by atoms with E-state index in [-0.39, 0.29) is 17.0 Å². The minimum Gasteiger partial charge on any atom is -0.337 e. The van der Waals surface area contributed by atoms with Gasteiger partial charge in [0, 0.05) is 18.8 Å². The zero-order chi connectivity index (χ0) is 12.3. The molecular formula is C12H17FN2O. The molecule has 0 fully saturated rings. The van der Waals surface area contributed by atoms with Crippen molar-refractivity contribution in [1.29, 1.82) is 0 Å². The summed E-state index contributed by atoms with van der Waals surface area (Å²) in [5.74, 6) is -0.891. The first-order valence-corrected chi connectivity index (χ1v) is 5.28. The van der Waals surface area contributed by atoms with E-state index in [1.165, 1.54) is 12.3 Å². The highest BCUT2D eigenvalue weighted by Crippen LogP contribution is 2.19. The van der Waals surface area contributed by atoms with Gasteiger partial charge in [-0.1, -0.05) is 6.92 Å². The van der Waals surface area contributed by atoms with Crippen LogP contribution >= 0.6 is 0 Å². The Kier molecular flexibility index (Phi) is 3.62. The van der Waals surface area contributed by atoms with E-state index in [0.717, 1.165) is 12.6 Å². The van der Waals surface area contributed by atoms with Gasteiger partial charge in [-0.05, 0) is 26.3 Å². The molecule has 0 bridgehead atoms. The Bertz CT molecular complexity index is 390. The van der Waals surface area contributed by atoms with E-state index in [4.69, 9.17) is 0 Å². The van der Waals surface area contributed by atoms with Crippen LogP contribution in [0.4, 0.5) is 4.39 Å². The number of amides is 1. The molecule has 0 aliphatic heterocycles. The largest absolute Gasteiger partial charge is 0.337 e. The molecule has 0 aliphatic carbocycles. The molecule has 0 unspecified atom stereocenters. The molecule has 0 aliphatic rings. The van der Waals surface area contributed by atoms with E-state index in [2.05, 4.69) is 4.98 Å². The van der Waals surface area contributed by atoms with Crippen molar-refractivity contribution in [3.63, 3.8) is 0 Å². The van der Waals surface area contributed by atoms with E-state index in [1.54, 1.807) is 11.9 Å². The Morgan fingerprint density at radius 3 is 2.69 bits per heavy atom. The summed E-state index contributed by atoms with van der Waals surface area (Å²) >= 11 is 0. The van der Waals surface area contributed by atoms with Gasteiger partial charge < -0.3 is 4.90 Å². The van der Waals surface area contributed by atoms with Gasteiger partial charge in [-0.3, -0.25) is 9.78 Å². The Hall–Kier alpha value is -1.45. The quantitative estimate of drug-likeness (QED) is 0.790. The summed E-state index contributed by atoms with van der Waals surface area (Å²) in [6.45, 7) is 5.89. The molecule has 16 heavy (non-hydrogen) atoms. The Labute approximate surface area is 95.3 Å². The van der Waals surface area contributed by atoms with E-state index in [0.29, 0.717) is 0 Å². The lowest BCUT2D eigenvalue weighted by Crippen LogP contribution is -2.44. The lowest BCUT2D eigenvalue weighted by Gasteiger charge is -2.34. The first-order valence-electron chi connectivity index (χ1n) is 5.28. The van der Waals surface area contributed by atoms with Crippen LogP contribution in [0.1, 0.15) is 37.6 Å². The van der Waals surface area contributed by atoms with E-state index in [1.807, 2.05) is 20.8 Å². The maximum atomic E-state index is 13.4. The SMILES string of the molecule is CCC(C)(C)N(C)C(=O)c1ccncc1F. The van der Waals surface area contributed by atoms with E-state index in [9.17, 15) is 9.18 Å². The monoisotopic (exact) mass is 224 g/mol. The van der Waals surface area contributed by atoms with Gasteiger partial charge in [0.25, 0.3) is 5.91 Å². The first kappa shape index (κ1) is 12.6. The van der Waals surface area contributed by atoms with Crippen LogP contribution in [0.15, 0.2) is 18.5 Å². The normalized spacial score (nSPS) is 11.3. The molecule has 0 radical (unpaired) electrons. The van der Waals surface area contributed by atoms with Gasteiger partial charge in [0.15, 0.2) is 5.82 Å². The molecule has 1 aromatic rings. The van der Waals surface area contributed by atoms with Crippen LogP contribution in [0.25, 0.3) is 0 Å². The second-order valence-electron chi connectivity index (χ2n) is 4.39. The standard InChI is InChI=1S/C12H17FN2O/c1-5-12(2,3)15(4)11(16)9-6-7-14-8-10(9)13/h6-8H,5H2,1-4H3. The summed E-state index contributed by atoms with van der Waals surface area (Å²) < 4.78 is 13.4. The van der Waals surface area contributed by atoms with Gasteiger partial charge in [-0.2, -0.15) is 0 Å². The summed E-state index contributed by atoms with van der Waals surface area (Å²) in [4.78, 5) is 17.2. The molecule has 0 spiro atoms. The van der Waals surface area contributed by atoms with Crippen LogP contribution < -0.4 is 0 Å². The van der Waals surface area contributed by atoms with Gasteiger partial charge in [-0.25, -0.2) is 4.39 Å². The number of nitrogens with zero attached hydrogens (tertiary/aromatic N) is 2. The predicted octanol–water partition coefficient (Wildman–Crippen LogP) is 2.48. The third-order valence-electron chi connectivity index (χ3n) is 3.08. The Morgan fingerprint density at radius 1 is 1.56 bits per heavy atom. The minimum absolute atomic E-state index is 0.0685. The topological polar surface area (TPSA) is 33.2 Å². The van der Waals surface area contributed by atoms with Crippen molar-refractivity contribution in [3.05, 3.63) is 29.8 Å². The molecule has 1 aromatic heterocycles. The molecule has 0 saturated carbocycles. The minimum atomic E-state index is -0.578. The molecular weight excluding hydrogens is 207 g/mol. The summed E-state index contributed by atoms with van der Waals surface area (Å²) in [6, 6.07) is 1.40. The number of halogens is 1. The number of rotatable bonds is 3. The van der Waals surface area contributed by atoms with E-state index < -0.39 is 5.82 Å². The smallest absolute Gasteiger partial charge is 0.257 e. The molecule has 1 amide bonds. The molecule has 1 heterocycles. The summed E-state index contributed by atoms with van der Waals surface area (Å²) in [7, 11) is 1.69. The van der Waals surface area contributed by atoms with Crippen LogP contribution in [-0.2, 0) is 0 Å². The molecule has 0 saturated heterocycles. The van der Waals surface area contributed by atoms with Gasteiger partial charge in [0.2, 0.25) is 0 Å². The lowest BCUT2D eigenvalue weighted by atomic mass is 9.99. The number of carbonyl (C=O) groups is 1. The van der Waals surface area contributed by atoms with Crippen molar-refractivity contribution in [2.45, 2.75) is 32.7 Å². The zero-order valence-electron chi connectivity index (χ0n) is 10.1. The number of hydrogen-bond donors (Lipinski definition) is 0. The van der Waals surface area contributed by atoms with Gasteiger partial charge in [-0.15, -0.1) is 0 Å². The fourth-order valence-corrected chi connectivity index (χ4v) is 1.24. The fourth-order valence-electron chi connectivity index (χ4n) is 1.24. The molecule has 0 aromatic carbocycles. The zero-order valence-corrected chi connectivity index (χ0v) is 10.1. The van der Waals surface area contributed by atoms with Gasteiger partial charge in [0.1, 0.15) is 0 Å². The van der Waals surface area contributed by atoms with Crippen molar-refractivity contribution in [3.8, 4) is 0 Å². The molecule has 88 valence electrons. The summed E-state index contributed by atoms with van der Waals surface area (Å²) in [5.41, 5.74) is -0.216. The van der Waals surface area contributed by atoms with Crippen LogP contribution in [0, 0.1) is 5.82 Å². The highest BCUT2D eigenvalue weighted by Gasteiger charge is 2.27. The fraction of sp³-hybridized carbons (Fsp3) is 0.500. The first-order chi connectivity index (χ1) is 7.40. The average Bonchev–Trinajstić information content (AvgIpc) is 2.27. The number of pyridine rings is 1. The Balaban J connectivity index is 3.00. The maximum absolute atomic E-state index is 13.4. The van der Waals surface area contributed by atoms with Crippen molar-refractivity contribution >= 4 is 5.91 Å². The third kappa shape index (κ3) is 2.38. The molecule has 4 heteroatoms. The van der Waals surface area contributed by atoms with Crippen molar-refractivity contribution in [2.75, 3.05) is 7.05 Å². The van der Waals surface area contributed by atoms with Gasteiger partial charge in [0.05, 0.1) is 11.8 Å². The number of carbonyl (C=O) groups excluding carboxylic acids is 1. The maximum Gasteiger partial charge on any atom is 0.257 e. The predicted molar refractivity (Wildman–Crippen MR) is 60.7 cm³/mol. The van der Waals surface area contributed by atoms with E-state index >= 15 is 0 Å². The molecule has 0 N–H and O–H groups in total. The van der Waals surface area contributed by atoms with Crippen LogP contribution in [0.3, 0.4) is 0 Å².